The first kappa shape index (κ1) is 24.1. The molecule has 8 nitrogen and oxygen atoms in total. The van der Waals surface area contributed by atoms with Gasteiger partial charge in [-0.3, -0.25) is 14.1 Å². The van der Waals surface area contributed by atoms with E-state index in [1.165, 1.54) is 6.07 Å². The number of ether oxygens (including phenoxy) is 1. The summed E-state index contributed by atoms with van der Waals surface area (Å²) >= 11 is 0. The summed E-state index contributed by atoms with van der Waals surface area (Å²) in [4.78, 5) is 27.0. The Morgan fingerprint density at radius 3 is 2.57 bits per heavy atom. The van der Waals surface area contributed by atoms with Gasteiger partial charge in [0, 0.05) is 61.6 Å². The van der Waals surface area contributed by atoms with Crippen molar-refractivity contribution in [2.75, 3.05) is 45.3 Å². The van der Waals surface area contributed by atoms with Crippen LogP contribution in [-0.2, 0) is 11.8 Å². The highest BCUT2D eigenvalue weighted by Gasteiger charge is 2.25. The van der Waals surface area contributed by atoms with Crippen LogP contribution in [0, 0.1) is 5.82 Å². The van der Waals surface area contributed by atoms with Gasteiger partial charge in [0.15, 0.2) is 0 Å². The minimum Gasteiger partial charge on any atom is -0.379 e. The highest BCUT2D eigenvalue weighted by Crippen LogP contribution is 2.33. The van der Waals surface area contributed by atoms with Gasteiger partial charge in [0.2, 0.25) is 0 Å². The van der Waals surface area contributed by atoms with Crippen LogP contribution in [0.15, 0.2) is 41.5 Å². The molecular formula is C28H33FN6O2. The van der Waals surface area contributed by atoms with Crippen molar-refractivity contribution >= 4 is 27.8 Å². The lowest BCUT2D eigenvalue weighted by molar-refractivity contribution is 0.0593. The van der Waals surface area contributed by atoms with E-state index in [1.54, 1.807) is 24.0 Å². The Morgan fingerprint density at radius 2 is 1.89 bits per heavy atom. The maximum Gasteiger partial charge on any atom is 0.329 e. The Kier molecular flexibility index (Phi) is 6.20. The average Bonchev–Trinajstić information content (AvgIpc) is 3.18. The normalized spacial score (nSPS) is 19.4. The Hall–Kier alpha value is -3.30. The van der Waals surface area contributed by atoms with Gasteiger partial charge in [-0.1, -0.05) is 0 Å². The van der Waals surface area contributed by atoms with Crippen LogP contribution in [0.1, 0.15) is 31.7 Å². The number of nitrogens with zero attached hydrogens (tertiary/aromatic N) is 6. The van der Waals surface area contributed by atoms with E-state index in [2.05, 4.69) is 28.9 Å². The first-order valence-corrected chi connectivity index (χ1v) is 13.1. The smallest absolute Gasteiger partial charge is 0.329 e. The quantitative estimate of drug-likeness (QED) is 0.419. The van der Waals surface area contributed by atoms with Crippen molar-refractivity contribution in [3.8, 4) is 11.1 Å². The molecule has 0 bridgehead atoms. The molecular weight excluding hydrogens is 471 g/mol. The van der Waals surface area contributed by atoms with Crippen molar-refractivity contribution in [2.45, 2.75) is 37.8 Å². The van der Waals surface area contributed by atoms with Gasteiger partial charge in [-0.15, -0.1) is 0 Å². The number of imidazole rings is 1. The second-order valence-electron chi connectivity index (χ2n) is 10.5. The number of piperidine rings is 1. The molecule has 2 fully saturated rings. The fraction of sp³-hybridized carbons (Fsp3) is 0.464. The maximum absolute atomic E-state index is 15.3. The average molecular weight is 505 g/mol. The lowest BCUT2D eigenvalue weighted by atomic mass is 10.0. The predicted octanol–water partition coefficient (Wildman–Crippen LogP) is 3.97. The number of aromatic nitrogens is 4. The zero-order valence-electron chi connectivity index (χ0n) is 21.7. The molecule has 0 amide bonds. The van der Waals surface area contributed by atoms with Gasteiger partial charge in [-0.05, 0) is 58.0 Å². The molecule has 2 aliphatic heterocycles. The fourth-order valence-electron chi connectivity index (χ4n) is 5.88. The molecule has 37 heavy (non-hydrogen) atoms. The number of fused-ring (bicyclic) bond motifs is 3. The molecule has 1 atom stereocenters. The molecule has 0 unspecified atom stereocenters. The summed E-state index contributed by atoms with van der Waals surface area (Å²) in [7, 11) is 6.02. The summed E-state index contributed by atoms with van der Waals surface area (Å²) in [6.07, 6.45) is 7.38. The van der Waals surface area contributed by atoms with E-state index in [0.29, 0.717) is 35.9 Å². The van der Waals surface area contributed by atoms with Crippen LogP contribution in [0.2, 0.25) is 0 Å². The van der Waals surface area contributed by atoms with E-state index in [-0.39, 0.29) is 17.5 Å². The van der Waals surface area contributed by atoms with E-state index in [1.807, 2.05) is 22.8 Å². The van der Waals surface area contributed by atoms with Crippen LogP contribution in [0.3, 0.4) is 0 Å². The van der Waals surface area contributed by atoms with Crippen molar-refractivity contribution < 1.29 is 9.13 Å². The number of rotatable bonds is 4. The number of halogens is 1. The Balaban J connectivity index is 1.40. The van der Waals surface area contributed by atoms with Gasteiger partial charge in [0.25, 0.3) is 0 Å². The van der Waals surface area contributed by atoms with Gasteiger partial charge in [-0.25, -0.2) is 14.2 Å². The molecule has 4 aromatic rings. The van der Waals surface area contributed by atoms with Crippen LogP contribution < -0.4 is 10.6 Å². The Labute approximate surface area is 215 Å². The summed E-state index contributed by atoms with van der Waals surface area (Å²) in [5, 5.41) is 0.756. The van der Waals surface area contributed by atoms with Crippen LogP contribution >= 0.6 is 0 Å². The molecule has 0 saturated carbocycles. The number of pyridine rings is 2. The molecule has 9 heteroatoms. The summed E-state index contributed by atoms with van der Waals surface area (Å²) in [5.74, 6) is 0.562. The minimum absolute atomic E-state index is 0.0540. The molecule has 194 valence electrons. The molecule has 5 heterocycles. The molecule has 3 aromatic heterocycles. The van der Waals surface area contributed by atoms with Crippen LogP contribution in [0.4, 0.5) is 10.2 Å². The number of benzene rings is 1. The lowest BCUT2D eigenvalue weighted by Crippen LogP contribution is -2.42. The fourth-order valence-corrected chi connectivity index (χ4v) is 5.88. The third-order valence-corrected chi connectivity index (χ3v) is 8.08. The van der Waals surface area contributed by atoms with Crippen molar-refractivity contribution in [1.29, 1.82) is 0 Å². The zero-order valence-corrected chi connectivity index (χ0v) is 21.7. The van der Waals surface area contributed by atoms with Gasteiger partial charge < -0.3 is 14.5 Å². The van der Waals surface area contributed by atoms with Gasteiger partial charge in [0.05, 0.1) is 35.4 Å². The number of hydrogen-bond donors (Lipinski definition) is 0. The van der Waals surface area contributed by atoms with E-state index in [4.69, 9.17) is 9.72 Å². The number of hydrogen-bond acceptors (Lipinski definition) is 6. The van der Waals surface area contributed by atoms with Crippen molar-refractivity contribution in [3.63, 3.8) is 0 Å². The highest BCUT2D eigenvalue weighted by molar-refractivity contribution is 6.04. The first-order valence-electron chi connectivity index (χ1n) is 13.1. The summed E-state index contributed by atoms with van der Waals surface area (Å²) in [6.45, 7) is 3.12. The number of aryl methyl sites for hydroxylation is 1. The second kappa shape index (κ2) is 9.54. The third-order valence-electron chi connectivity index (χ3n) is 8.08. The number of anilines is 1. The monoisotopic (exact) mass is 504 g/mol. The molecule has 0 radical (unpaired) electrons. The zero-order chi connectivity index (χ0) is 25.7. The third kappa shape index (κ3) is 4.20. The minimum atomic E-state index is -0.355. The summed E-state index contributed by atoms with van der Waals surface area (Å²) < 4.78 is 24.5. The van der Waals surface area contributed by atoms with Gasteiger partial charge in [0.1, 0.15) is 11.6 Å². The molecule has 0 aliphatic carbocycles. The molecule has 2 saturated heterocycles. The Morgan fingerprint density at radius 1 is 1.08 bits per heavy atom. The van der Waals surface area contributed by atoms with E-state index in [9.17, 15) is 4.79 Å². The molecule has 0 N–H and O–H groups in total. The largest absolute Gasteiger partial charge is 0.379 e. The van der Waals surface area contributed by atoms with Crippen LogP contribution in [0.25, 0.3) is 33.1 Å². The van der Waals surface area contributed by atoms with Crippen molar-refractivity contribution in [1.82, 2.24) is 24.0 Å². The second-order valence-corrected chi connectivity index (χ2v) is 10.5. The summed E-state index contributed by atoms with van der Waals surface area (Å²) in [6, 6.07) is 7.74. The van der Waals surface area contributed by atoms with E-state index in [0.717, 1.165) is 61.0 Å². The lowest BCUT2D eigenvalue weighted by Gasteiger charge is -2.35. The van der Waals surface area contributed by atoms with Crippen molar-refractivity contribution in [2.24, 2.45) is 7.05 Å². The molecule has 0 spiro atoms. The predicted molar refractivity (Wildman–Crippen MR) is 144 cm³/mol. The van der Waals surface area contributed by atoms with Gasteiger partial charge >= 0.3 is 5.69 Å². The summed E-state index contributed by atoms with van der Waals surface area (Å²) in [5.41, 5.74) is 3.09. The highest BCUT2D eigenvalue weighted by atomic mass is 19.1. The first-order chi connectivity index (χ1) is 17.9. The Bertz CT molecular complexity index is 1500. The molecule has 1 aromatic carbocycles. The van der Waals surface area contributed by atoms with Crippen LogP contribution in [-0.4, -0.2) is 70.4 Å². The van der Waals surface area contributed by atoms with E-state index >= 15 is 4.39 Å². The van der Waals surface area contributed by atoms with Crippen molar-refractivity contribution in [3.05, 3.63) is 53.0 Å². The van der Waals surface area contributed by atoms with Crippen LogP contribution in [0.5, 0.6) is 0 Å². The SMILES string of the molecule is CN(C)C1CCN(c2ccc(-c3cc4c(cc3F)ncc3c4n([C@H]4CCCOC4)c(=O)n3C)cn2)CC1. The maximum atomic E-state index is 15.3. The standard InChI is InChI=1S/C28H33FN6O2/c1-32(2)19-8-10-34(11-9-19)26-7-6-18(15-31-26)21-13-22-24(14-23(21)29)30-16-25-27(22)35(28(36)33(25)3)20-5-4-12-37-17-20/h6-7,13-16,19-20H,4-5,8-12,17H2,1-3H3/t20-/m0/s1. The van der Waals surface area contributed by atoms with Gasteiger partial charge in [-0.2, -0.15) is 0 Å². The topological polar surface area (TPSA) is 68.4 Å². The molecule has 2 aliphatic rings. The molecule has 6 rings (SSSR count). The van der Waals surface area contributed by atoms with E-state index < -0.39 is 0 Å².